The molecule has 0 aliphatic carbocycles. The fourth-order valence-electron chi connectivity index (χ4n) is 1.83. The van der Waals surface area contributed by atoms with Crippen molar-refractivity contribution < 1.29 is 14.1 Å². The molecular weight excluding hydrogens is 324 g/mol. The highest BCUT2D eigenvalue weighted by Crippen LogP contribution is 2.36. The number of allylic oxidation sites excluding steroid dienone is 1. The van der Waals surface area contributed by atoms with E-state index in [9.17, 15) is 10.1 Å². The molecule has 0 atom stereocenters. The molecule has 134 valence electrons. The summed E-state index contributed by atoms with van der Waals surface area (Å²) in [7, 11) is -1.77. The van der Waals surface area contributed by atoms with Gasteiger partial charge < -0.3 is 9.16 Å². The topological polar surface area (TPSA) is 74.5 Å². The first-order valence-electron chi connectivity index (χ1n) is 8.03. The molecule has 0 spiro atoms. The minimum absolute atomic E-state index is 0.129. The Morgan fingerprint density at radius 1 is 1.38 bits per heavy atom. The van der Waals surface area contributed by atoms with Crippen molar-refractivity contribution >= 4 is 19.6 Å². The maximum Gasteiger partial charge on any atom is 0.336 e. The number of aromatic nitrogens is 1. The molecule has 7 heteroatoms. The van der Waals surface area contributed by atoms with Gasteiger partial charge in [-0.05, 0) is 30.6 Å². The largest absolute Gasteiger partial charge is 0.487 e. The predicted molar refractivity (Wildman–Crippen MR) is 98.9 cm³/mol. The third-order valence-corrected chi connectivity index (χ3v) is 8.83. The normalized spacial score (nSPS) is 12.1. The van der Waals surface area contributed by atoms with Crippen LogP contribution in [0.4, 0.5) is 5.69 Å². The summed E-state index contributed by atoms with van der Waals surface area (Å²) in [4.78, 5) is 14.9. The second kappa shape index (κ2) is 7.89. The van der Waals surface area contributed by atoms with Crippen LogP contribution >= 0.6 is 0 Å². The number of ether oxygens (including phenoxy) is 1. The molecule has 1 heterocycles. The molecule has 1 rings (SSSR count). The van der Waals surface area contributed by atoms with E-state index < -0.39 is 13.2 Å². The molecule has 0 aliphatic rings. The Hall–Kier alpha value is -1.73. The zero-order chi connectivity index (χ0) is 18.5. The quantitative estimate of drug-likeness (QED) is 0.290. The number of pyridine rings is 1. The van der Waals surface area contributed by atoms with Crippen LogP contribution in [0.1, 0.15) is 39.8 Å². The molecule has 0 radical (unpaired) electrons. The first-order valence-corrected chi connectivity index (χ1v) is 10.9. The number of nitro groups is 1. The lowest BCUT2D eigenvalue weighted by Crippen LogP contribution is -2.41. The average Bonchev–Trinajstić information content (AvgIpc) is 2.44. The molecule has 0 bridgehead atoms. The van der Waals surface area contributed by atoms with E-state index in [1.54, 1.807) is 6.92 Å². The van der Waals surface area contributed by atoms with Crippen molar-refractivity contribution in [3.05, 3.63) is 34.7 Å². The fourth-order valence-corrected chi connectivity index (χ4v) is 2.91. The van der Waals surface area contributed by atoms with Crippen LogP contribution in [0.3, 0.4) is 0 Å². The van der Waals surface area contributed by atoms with E-state index in [0.717, 1.165) is 0 Å². The highest BCUT2D eigenvalue weighted by molar-refractivity contribution is 6.74. The molecule has 0 saturated carbocycles. The van der Waals surface area contributed by atoms with Gasteiger partial charge in [0.25, 0.3) is 0 Å². The Balaban J connectivity index is 2.65. The van der Waals surface area contributed by atoms with Crippen LogP contribution in [0.15, 0.2) is 18.8 Å². The number of hydrogen-bond donors (Lipinski definition) is 0. The van der Waals surface area contributed by atoms with E-state index in [-0.39, 0.29) is 22.2 Å². The molecule has 1 aromatic rings. The molecule has 0 amide bonds. The lowest BCUT2D eigenvalue weighted by molar-refractivity contribution is -0.386. The SMILES string of the molecule is C=C(C)c1nccc(OCCCO[Si](C)(C)C(C)(C)C)c1[N+](=O)[O-]. The fraction of sp³-hybridized carbons (Fsp3) is 0.588. The van der Waals surface area contributed by atoms with Crippen molar-refractivity contribution in [2.75, 3.05) is 13.2 Å². The molecule has 0 unspecified atom stereocenters. The van der Waals surface area contributed by atoms with E-state index in [2.05, 4.69) is 45.4 Å². The zero-order valence-corrected chi connectivity index (χ0v) is 16.5. The van der Waals surface area contributed by atoms with Crippen LogP contribution < -0.4 is 4.74 Å². The van der Waals surface area contributed by atoms with Crippen LogP contribution in [0.2, 0.25) is 18.1 Å². The smallest absolute Gasteiger partial charge is 0.336 e. The Bertz CT molecular complexity index is 609. The summed E-state index contributed by atoms with van der Waals surface area (Å²) in [5.74, 6) is 0.223. The van der Waals surface area contributed by atoms with Gasteiger partial charge in [0.1, 0.15) is 5.69 Å². The van der Waals surface area contributed by atoms with Crippen molar-refractivity contribution in [1.82, 2.24) is 4.98 Å². The monoisotopic (exact) mass is 352 g/mol. The summed E-state index contributed by atoms with van der Waals surface area (Å²) in [6.45, 7) is 17.3. The maximum atomic E-state index is 11.3. The standard InChI is InChI=1S/C17H28N2O4Si/c1-13(2)15-16(19(20)21)14(9-10-18-15)22-11-8-12-23-24(6,7)17(3,4)5/h9-10H,1,8,11-12H2,2-7H3. The highest BCUT2D eigenvalue weighted by Gasteiger charge is 2.36. The third-order valence-electron chi connectivity index (χ3n) is 4.29. The van der Waals surface area contributed by atoms with E-state index in [0.29, 0.717) is 25.2 Å². The number of nitrogens with zero attached hydrogens (tertiary/aromatic N) is 2. The number of rotatable bonds is 8. The van der Waals surface area contributed by atoms with Gasteiger partial charge in [-0.3, -0.25) is 10.1 Å². The summed E-state index contributed by atoms with van der Waals surface area (Å²) in [6.07, 6.45) is 2.17. The second-order valence-corrected chi connectivity index (χ2v) is 12.2. The lowest BCUT2D eigenvalue weighted by atomic mass is 10.2. The minimum Gasteiger partial charge on any atom is -0.487 e. The summed E-state index contributed by atoms with van der Waals surface area (Å²) in [5, 5.41) is 11.5. The highest BCUT2D eigenvalue weighted by atomic mass is 28.4. The van der Waals surface area contributed by atoms with E-state index in [4.69, 9.17) is 9.16 Å². The number of hydrogen-bond acceptors (Lipinski definition) is 5. The van der Waals surface area contributed by atoms with Gasteiger partial charge in [-0.2, -0.15) is 0 Å². The maximum absolute atomic E-state index is 11.3. The zero-order valence-electron chi connectivity index (χ0n) is 15.5. The van der Waals surface area contributed by atoms with Crippen LogP contribution in [0.25, 0.3) is 5.57 Å². The van der Waals surface area contributed by atoms with Crippen molar-refractivity contribution in [3.8, 4) is 5.75 Å². The van der Waals surface area contributed by atoms with Crippen LogP contribution in [-0.2, 0) is 4.43 Å². The lowest BCUT2D eigenvalue weighted by Gasteiger charge is -2.36. The van der Waals surface area contributed by atoms with Gasteiger partial charge in [0.15, 0.2) is 8.32 Å². The molecular formula is C17H28N2O4Si. The Morgan fingerprint density at radius 2 is 2.00 bits per heavy atom. The van der Waals surface area contributed by atoms with Crippen LogP contribution in [-0.4, -0.2) is 31.4 Å². The Morgan fingerprint density at radius 3 is 2.50 bits per heavy atom. The molecule has 0 aromatic carbocycles. The van der Waals surface area contributed by atoms with E-state index in [1.807, 2.05) is 0 Å². The van der Waals surface area contributed by atoms with Crippen molar-refractivity contribution in [1.29, 1.82) is 0 Å². The molecule has 6 nitrogen and oxygen atoms in total. The molecule has 0 saturated heterocycles. The predicted octanol–water partition coefficient (Wildman–Crippen LogP) is 4.81. The molecule has 24 heavy (non-hydrogen) atoms. The van der Waals surface area contributed by atoms with Crippen molar-refractivity contribution in [2.24, 2.45) is 0 Å². The molecule has 0 N–H and O–H groups in total. The summed E-state index contributed by atoms with van der Waals surface area (Å²) < 4.78 is 11.7. The molecule has 1 aromatic heterocycles. The van der Waals surface area contributed by atoms with E-state index >= 15 is 0 Å². The Kier molecular flexibility index (Phi) is 6.68. The first kappa shape index (κ1) is 20.3. The van der Waals surface area contributed by atoms with Gasteiger partial charge in [0.2, 0.25) is 5.75 Å². The average molecular weight is 353 g/mol. The van der Waals surface area contributed by atoms with Gasteiger partial charge in [0.05, 0.1) is 11.5 Å². The van der Waals surface area contributed by atoms with Gasteiger partial charge in [-0.25, -0.2) is 4.98 Å². The Labute approximate surface area is 145 Å². The van der Waals surface area contributed by atoms with Gasteiger partial charge in [-0.1, -0.05) is 27.4 Å². The first-order chi connectivity index (χ1) is 11.0. The van der Waals surface area contributed by atoms with Gasteiger partial charge in [-0.15, -0.1) is 0 Å². The van der Waals surface area contributed by atoms with E-state index in [1.165, 1.54) is 12.3 Å². The summed E-state index contributed by atoms with van der Waals surface area (Å²) in [5.41, 5.74) is 0.666. The van der Waals surface area contributed by atoms with Crippen molar-refractivity contribution in [2.45, 2.75) is 52.2 Å². The summed E-state index contributed by atoms with van der Waals surface area (Å²) >= 11 is 0. The minimum atomic E-state index is -1.77. The summed E-state index contributed by atoms with van der Waals surface area (Å²) in [6, 6.07) is 1.51. The third kappa shape index (κ3) is 5.14. The second-order valence-electron chi connectivity index (χ2n) is 7.35. The molecule has 0 fully saturated rings. The molecule has 0 aliphatic heterocycles. The van der Waals surface area contributed by atoms with Crippen molar-refractivity contribution in [3.63, 3.8) is 0 Å². The van der Waals surface area contributed by atoms with Gasteiger partial charge >= 0.3 is 5.69 Å². The van der Waals surface area contributed by atoms with Gasteiger partial charge in [0, 0.05) is 25.3 Å². The van der Waals surface area contributed by atoms with Crippen LogP contribution in [0, 0.1) is 10.1 Å². The van der Waals surface area contributed by atoms with Crippen LogP contribution in [0.5, 0.6) is 5.75 Å².